The first-order valence-electron chi connectivity index (χ1n) is 10.6. The Morgan fingerprint density at radius 1 is 1.21 bits per heavy atom. The van der Waals surface area contributed by atoms with E-state index in [1.807, 2.05) is 30.3 Å². The van der Waals surface area contributed by atoms with E-state index in [0.717, 1.165) is 44.1 Å². The Morgan fingerprint density at radius 2 is 1.93 bits per heavy atom. The normalized spacial score (nSPS) is 22.6. The first-order valence-corrected chi connectivity index (χ1v) is 10.6. The molecule has 7 nitrogen and oxygen atoms in total. The number of carbonyl (C=O) groups excluding carboxylic acids is 3. The van der Waals surface area contributed by atoms with E-state index in [4.69, 9.17) is 4.74 Å². The summed E-state index contributed by atoms with van der Waals surface area (Å²) in [5.74, 6) is -1.07. The van der Waals surface area contributed by atoms with Gasteiger partial charge in [-0.25, -0.2) is 0 Å². The number of rotatable bonds is 9. The summed E-state index contributed by atoms with van der Waals surface area (Å²) >= 11 is 0. The zero-order chi connectivity index (χ0) is 20.6. The van der Waals surface area contributed by atoms with Crippen molar-refractivity contribution in [3.8, 4) is 0 Å². The molecule has 158 valence electrons. The number of nitrogens with one attached hydrogen (secondary N) is 2. The predicted octanol–water partition coefficient (Wildman–Crippen LogP) is 1.76. The number of piperazine rings is 1. The number of benzene rings is 1. The van der Waals surface area contributed by atoms with Gasteiger partial charge < -0.3 is 20.3 Å². The van der Waals surface area contributed by atoms with Crippen molar-refractivity contribution < 1.29 is 19.1 Å². The van der Waals surface area contributed by atoms with Crippen molar-refractivity contribution in [3.05, 3.63) is 35.9 Å². The number of amides is 3. The molecule has 3 amide bonds. The van der Waals surface area contributed by atoms with Crippen LogP contribution in [0.25, 0.3) is 0 Å². The molecule has 2 N–H and O–H groups in total. The Labute approximate surface area is 172 Å². The van der Waals surface area contributed by atoms with E-state index in [-0.39, 0.29) is 18.6 Å². The molecule has 0 radical (unpaired) electrons. The Bertz CT molecular complexity index is 703. The smallest absolute Gasteiger partial charge is 0.253 e. The molecule has 1 unspecified atom stereocenters. The summed E-state index contributed by atoms with van der Waals surface area (Å²) in [7, 11) is 0. The zero-order valence-corrected chi connectivity index (χ0v) is 17.1. The van der Waals surface area contributed by atoms with Gasteiger partial charge in [0.15, 0.2) is 6.04 Å². The number of unbranched alkanes of at least 4 members (excludes halogenated alkanes) is 1. The maximum atomic E-state index is 13.2. The average Bonchev–Trinajstić information content (AvgIpc) is 3.26. The van der Waals surface area contributed by atoms with Crippen molar-refractivity contribution in [2.24, 2.45) is 0 Å². The number of carbonyl (C=O) groups is 3. The van der Waals surface area contributed by atoms with E-state index in [1.54, 1.807) is 0 Å². The minimum atomic E-state index is -1.12. The van der Waals surface area contributed by atoms with E-state index < -0.39 is 23.9 Å². The molecule has 0 spiro atoms. The number of hydrogen-bond donors (Lipinski definition) is 2. The third-order valence-electron chi connectivity index (χ3n) is 5.60. The van der Waals surface area contributed by atoms with E-state index in [9.17, 15) is 14.4 Å². The van der Waals surface area contributed by atoms with Gasteiger partial charge in [0.2, 0.25) is 5.91 Å². The third-order valence-corrected chi connectivity index (χ3v) is 5.60. The number of ether oxygens (including phenoxy) is 1. The summed E-state index contributed by atoms with van der Waals surface area (Å²) in [6.07, 6.45) is 5.57. The van der Waals surface area contributed by atoms with Gasteiger partial charge in [-0.05, 0) is 24.8 Å². The van der Waals surface area contributed by atoms with E-state index in [1.165, 1.54) is 4.90 Å². The Kier molecular flexibility index (Phi) is 7.63. The molecule has 0 bridgehead atoms. The molecule has 1 aromatic carbocycles. The molecule has 2 atom stereocenters. The summed E-state index contributed by atoms with van der Waals surface area (Å²) < 4.78 is 5.58. The summed E-state index contributed by atoms with van der Waals surface area (Å²) in [5, 5.41) is 5.53. The quantitative estimate of drug-likeness (QED) is 0.488. The van der Waals surface area contributed by atoms with Gasteiger partial charge in [-0.1, -0.05) is 56.5 Å². The summed E-state index contributed by atoms with van der Waals surface area (Å²) in [6.45, 7) is 3.09. The fourth-order valence-corrected chi connectivity index (χ4v) is 4.01. The lowest BCUT2D eigenvalue weighted by Gasteiger charge is -2.41. The second-order valence-electron chi connectivity index (χ2n) is 7.78. The summed E-state index contributed by atoms with van der Waals surface area (Å²) in [4.78, 5) is 40.4. The topological polar surface area (TPSA) is 87.7 Å². The van der Waals surface area contributed by atoms with E-state index in [0.29, 0.717) is 13.2 Å². The van der Waals surface area contributed by atoms with Crippen LogP contribution in [-0.2, 0) is 25.7 Å². The van der Waals surface area contributed by atoms with Gasteiger partial charge in [-0.3, -0.25) is 14.4 Å². The van der Waals surface area contributed by atoms with Gasteiger partial charge in [-0.15, -0.1) is 0 Å². The van der Waals surface area contributed by atoms with Gasteiger partial charge >= 0.3 is 0 Å². The molecule has 29 heavy (non-hydrogen) atoms. The molecule has 1 aliphatic carbocycles. The van der Waals surface area contributed by atoms with Crippen molar-refractivity contribution >= 4 is 17.7 Å². The lowest BCUT2D eigenvalue weighted by atomic mass is 10.0. The Morgan fingerprint density at radius 3 is 2.62 bits per heavy atom. The van der Waals surface area contributed by atoms with Crippen LogP contribution in [0.4, 0.5) is 0 Å². The molecule has 1 aromatic rings. The lowest BCUT2D eigenvalue weighted by molar-refractivity contribution is -0.158. The van der Waals surface area contributed by atoms with Crippen molar-refractivity contribution in [3.63, 3.8) is 0 Å². The van der Waals surface area contributed by atoms with Crippen molar-refractivity contribution in [2.45, 2.75) is 70.1 Å². The van der Waals surface area contributed by atoms with Crippen LogP contribution in [0, 0.1) is 0 Å². The highest BCUT2D eigenvalue weighted by molar-refractivity contribution is 6.10. The van der Waals surface area contributed by atoms with E-state index >= 15 is 0 Å². The van der Waals surface area contributed by atoms with Gasteiger partial charge in [-0.2, -0.15) is 0 Å². The molecular weight excluding hydrogens is 370 g/mol. The van der Waals surface area contributed by atoms with Crippen LogP contribution in [0.15, 0.2) is 30.3 Å². The van der Waals surface area contributed by atoms with Crippen LogP contribution < -0.4 is 10.6 Å². The molecule has 0 aromatic heterocycles. The average molecular weight is 402 g/mol. The lowest BCUT2D eigenvalue weighted by Crippen LogP contribution is -2.69. The molecule has 3 rings (SSSR count). The van der Waals surface area contributed by atoms with Crippen LogP contribution in [0.1, 0.15) is 51.0 Å². The van der Waals surface area contributed by atoms with Crippen molar-refractivity contribution in [1.82, 2.24) is 15.5 Å². The van der Waals surface area contributed by atoms with Gasteiger partial charge in [0.1, 0.15) is 6.04 Å². The Balaban J connectivity index is 1.69. The molecule has 1 saturated heterocycles. The number of hydrogen-bond acceptors (Lipinski definition) is 4. The minimum Gasteiger partial charge on any atom is -0.379 e. The van der Waals surface area contributed by atoms with Crippen LogP contribution in [0.5, 0.6) is 0 Å². The number of nitrogens with zero attached hydrogens (tertiary/aromatic N) is 1. The summed E-state index contributed by atoms with van der Waals surface area (Å²) in [6, 6.07) is 7.59. The molecule has 1 saturated carbocycles. The highest BCUT2D eigenvalue weighted by atomic mass is 16.5. The van der Waals surface area contributed by atoms with E-state index in [2.05, 4.69) is 17.6 Å². The van der Waals surface area contributed by atoms with Gasteiger partial charge in [0.25, 0.3) is 11.8 Å². The van der Waals surface area contributed by atoms with Gasteiger partial charge in [0.05, 0.1) is 6.61 Å². The van der Waals surface area contributed by atoms with Crippen LogP contribution >= 0.6 is 0 Å². The van der Waals surface area contributed by atoms with Crippen LogP contribution in [0.3, 0.4) is 0 Å². The standard InChI is InChI=1S/C22H31N3O4/c1-2-3-13-29-15-18-22(28)25(17-11-7-8-12-17)19(21(27)24-18)20(26)23-14-16-9-5-4-6-10-16/h4-6,9-10,17-19H,2-3,7-8,11-15H2,1H3,(H,23,26)(H,24,27)/t18-,19?/m0/s1. The third kappa shape index (κ3) is 5.35. The Hall–Kier alpha value is -2.41. The van der Waals surface area contributed by atoms with Crippen LogP contribution in [0.2, 0.25) is 0 Å². The maximum Gasteiger partial charge on any atom is 0.253 e. The second kappa shape index (κ2) is 10.4. The van der Waals surface area contributed by atoms with Crippen molar-refractivity contribution in [2.75, 3.05) is 13.2 Å². The minimum absolute atomic E-state index is 0.0702. The molecule has 1 heterocycles. The first-order chi connectivity index (χ1) is 14.1. The highest BCUT2D eigenvalue weighted by Crippen LogP contribution is 2.28. The SMILES string of the molecule is CCCCOC[C@@H]1NC(=O)C(C(=O)NCc2ccccc2)N(C2CCCC2)C1=O. The largest absolute Gasteiger partial charge is 0.379 e. The molecule has 7 heteroatoms. The van der Waals surface area contributed by atoms with Gasteiger partial charge in [0, 0.05) is 19.2 Å². The maximum absolute atomic E-state index is 13.2. The molecular formula is C22H31N3O4. The fraction of sp³-hybridized carbons (Fsp3) is 0.591. The molecule has 2 fully saturated rings. The molecule has 1 aliphatic heterocycles. The highest BCUT2D eigenvalue weighted by Gasteiger charge is 2.47. The zero-order valence-electron chi connectivity index (χ0n) is 17.1. The fourth-order valence-electron chi connectivity index (χ4n) is 4.01. The summed E-state index contributed by atoms with van der Waals surface area (Å²) in [5.41, 5.74) is 0.943. The van der Waals surface area contributed by atoms with Crippen LogP contribution in [-0.4, -0.2) is 54.0 Å². The molecule has 2 aliphatic rings. The predicted molar refractivity (Wildman–Crippen MR) is 109 cm³/mol. The van der Waals surface area contributed by atoms with Crippen molar-refractivity contribution in [1.29, 1.82) is 0 Å². The second-order valence-corrected chi connectivity index (χ2v) is 7.78. The monoisotopic (exact) mass is 401 g/mol. The first kappa shape index (κ1) is 21.3.